The zero-order chi connectivity index (χ0) is 26.7. The number of thiazole rings is 4. The molecule has 0 saturated heterocycles. The highest BCUT2D eigenvalue weighted by Crippen LogP contribution is 2.42. The largest absolute Gasteiger partial charge is 0.416 e. The second-order valence-corrected chi connectivity index (χ2v) is 11.9. The van der Waals surface area contributed by atoms with Crippen LogP contribution in [0.25, 0.3) is 50.6 Å². The van der Waals surface area contributed by atoms with Gasteiger partial charge in [0.05, 0.1) is 20.9 Å². The summed E-state index contributed by atoms with van der Waals surface area (Å²) in [5, 5.41) is 2.58. The minimum atomic E-state index is -4.39. The Morgan fingerprint density at radius 2 is 0.842 bits per heavy atom. The number of halogens is 6. The van der Waals surface area contributed by atoms with Crippen LogP contribution in [0.2, 0.25) is 0 Å². The Hall–Kier alpha value is -3.20. The predicted octanol–water partition coefficient (Wildman–Crippen LogP) is 9.37. The first-order valence-electron chi connectivity index (χ1n) is 10.6. The summed E-state index contributed by atoms with van der Waals surface area (Å²) in [6, 6.07) is 9.71. The van der Waals surface area contributed by atoms with Gasteiger partial charge in [0.25, 0.3) is 0 Å². The van der Waals surface area contributed by atoms with Gasteiger partial charge in [-0.25, -0.2) is 19.9 Å². The fraction of sp³-hybridized carbons (Fsp3) is 0.0833. The van der Waals surface area contributed by atoms with Gasteiger partial charge in [-0.3, -0.25) is 0 Å². The van der Waals surface area contributed by atoms with Crippen LogP contribution in [0, 0.1) is 0 Å². The molecule has 38 heavy (non-hydrogen) atoms. The molecule has 0 saturated carbocycles. The molecule has 0 amide bonds. The number of alkyl halides is 6. The van der Waals surface area contributed by atoms with Gasteiger partial charge in [0.2, 0.25) is 0 Å². The second-order valence-electron chi connectivity index (χ2n) is 7.86. The van der Waals surface area contributed by atoms with E-state index in [1.807, 2.05) is 0 Å². The second kappa shape index (κ2) is 9.22. The zero-order valence-corrected chi connectivity index (χ0v) is 21.7. The van der Waals surface area contributed by atoms with E-state index in [0.29, 0.717) is 40.8 Å². The quantitative estimate of drug-likeness (QED) is 0.190. The van der Waals surface area contributed by atoms with E-state index >= 15 is 0 Å². The van der Waals surface area contributed by atoms with Gasteiger partial charge < -0.3 is 0 Å². The molecule has 4 nitrogen and oxygen atoms in total. The molecule has 0 fully saturated rings. The van der Waals surface area contributed by atoms with Gasteiger partial charge in [-0.15, -0.1) is 22.7 Å². The van der Waals surface area contributed by atoms with E-state index in [-0.39, 0.29) is 0 Å². The molecule has 0 aliphatic rings. The molecule has 2 aromatic carbocycles. The van der Waals surface area contributed by atoms with Crippen LogP contribution in [-0.2, 0) is 12.4 Å². The molecule has 14 heteroatoms. The third-order valence-corrected chi connectivity index (χ3v) is 9.79. The highest BCUT2D eigenvalue weighted by molar-refractivity contribution is 7.32. The van der Waals surface area contributed by atoms with Crippen molar-refractivity contribution in [2.24, 2.45) is 0 Å². The van der Waals surface area contributed by atoms with Crippen LogP contribution < -0.4 is 0 Å². The lowest BCUT2D eigenvalue weighted by atomic mass is 10.1. The Morgan fingerprint density at radius 1 is 0.474 bits per heavy atom. The average molecular weight is 597 g/mol. The van der Waals surface area contributed by atoms with Crippen molar-refractivity contribution in [2.45, 2.75) is 12.4 Å². The first-order valence-corrected chi connectivity index (χ1v) is 13.9. The average Bonchev–Trinajstić information content (AvgIpc) is 3.66. The molecule has 6 rings (SSSR count). The number of hydrogen-bond acceptors (Lipinski definition) is 8. The van der Waals surface area contributed by atoms with E-state index in [1.165, 1.54) is 69.6 Å². The predicted molar refractivity (Wildman–Crippen MR) is 138 cm³/mol. The SMILES string of the molecule is FC(F)(F)c1ccc(-c2ncc(-c3nc4sc(-c5cnc(-c6ccc(C(F)(F)F)cc6)s5)nc4s3)s2)cc1. The molecule has 0 spiro atoms. The lowest BCUT2D eigenvalue weighted by molar-refractivity contribution is -0.138. The molecule has 4 heterocycles. The lowest BCUT2D eigenvalue weighted by Gasteiger charge is -2.06. The molecule has 0 aliphatic carbocycles. The Morgan fingerprint density at radius 3 is 1.18 bits per heavy atom. The van der Waals surface area contributed by atoms with Crippen LogP contribution in [0.4, 0.5) is 26.3 Å². The van der Waals surface area contributed by atoms with E-state index in [4.69, 9.17) is 0 Å². The van der Waals surface area contributed by atoms with Gasteiger partial charge in [0.1, 0.15) is 20.0 Å². The van der Waals surface area contributed by atoms with Crippen molar-refractivity contribution < 1.29 is 26.3 Å². The van der Waals surface area contributed by atoms with Crippen molar-refractivity contribution in [3.63, 3.8) is 0 Å². The summed E-state index contributed by atoms with van der Waals surface area (Å²) in [5.74, 6) is 0. The van der Waals surface area contributed by atoms with E-state index in [1.54, 1.807) is 12.4 Å². The standard InChI is InChI=1S/C24H10F6N4S4/c25-23(26,27)13-5-1-11(2-6-13)17-31-9-15(35-17)19-33-21-22(37-19)34-20(38-21)16-10-32-18(36-16)12-3-7-14(8-4-12)24(28,29)30/h1-10H. The highest BCUT2D eigenvalue weighted by atomic mass is 32.1. The Labute approximate surface area is 226 Å². The topological polar surface area (TPSA) is 51.6 Å². The minimum absolute atomic E-state index is 0.585. The van der Waals surface area contributed by atoms with Crippen LogP contribution in [0.15, 0.2) is 60.9 Å². The Bertz CT molecular complexity index is 1580. The van der Waals surface area contributed by atoms with Gasteiger partial charge in [-0.05, 0) is 24.3 Å². The van der Waals surface area contributed by atoms with Crippen molar-refractivity contribution in [3.05, 3.63) is 72.1 Å². The Kier molecular flexibility index (Phi) is 6.09. The van der Waals surface area contributed by atoms with Crippen LogP contribution >= 0.6 is 45.3 Å². The van der Waals surface area contributed by atoms with Crippen LogP contribution in [0.1, 0.15) is 11.1 Å². The number of nitrogens with zero attached hydrogens (tertiary/aromatic N) is 4. The van der Waals surface area contributed by atoms with Gasteiger partial charge in [-0.1, -0.05) is 46.9 Å². The third kappa shape index (κ3) is 4.84. The van der Waals surface area contributed by atoms with Gasteiger partial charge in [0.15, 0.2) is 9.66 Å². The molecule has 0 aliphatic heterocycles. The number of fused-ring (bicyclic) bond motifs is 1. The van der Waals surface area contributed by atoms with Gasteiger partial charge >= 0.3 is 12.4 Å². The van der Waals surface area contributed by atoms with E-state index in [9.17, 15) is 26.3 Å². The molecule has 0 radical (unpaired) electrons. The van der Waals surface area contributed by atoms with Crippen molar-refractivity contribution >= 4 is 55.0 Å². The summed E-state index contributed by atoms with van der Waals surface area (Å²) in [5.41, 5.74) is -0.260. The maximum absolute atomic E-state index is 12.8. The molecular formula is C24H10F6N4S4. The molecule has 192 valence electrons. The number of rotatable bonds is 4. The number of hydrogen-bond donors (Lipinski definition) is 0. The summed E-state index contributed by atoms with van der Waals surface area (Å²) in [4.78, 5) is 21.0. The fourth-order valence-electron chi connectivity index (χ4n) is 3.47. The van der Waals surface area contributed by atoms with E-state index < -0.39 is 23.5 Å². The van der Waals surface area contributed by atoms with Crippen molar-refractivity contribution in [3.8, 4) is 40.9 Å². The summed E-state index contributed by atoms with van der Waals surface area (Å²) >= 11 is 5.41. The lowest BCUT2D eigenvalue weighted by Crippen LogP contribution is -2.03. The maximum atomic E-state index is 12.8. The number of aromatic nitrogens is 4. The van der Waals surface area contributed by atoms with Crippen molar-refractivity contribution in [1.82, 2.24) is 19.9 Å². The van der Waals surface area contributed by atoms with Crippen molar-refractivity contribution in [1.29, 1.82) is 0 Å². The van der Waals surface area contributed by atoms with Gasteiger partial charge in [0, 0.05) is 23.5 Å². The summed E-state index contributed by atoms with van der Waals surface area (Å²) < 4.78 is 76.9. The normalized spacial score (nSPS) is 12.5. The fourth-order valence-corrected chi connectivity index (χ4v) is 7.43. The smallest absolute Gasteiger partial charge is 0.244 e. The first-order chi connectivity index (χ1) is 18.0. The maximum Gasteiger partial charge on any atom is 0.416 e. The van der Waals surface area contributed by atoms with E-state index in [0.717, 1.165) is 34.0 Å². The van der Waals surface area contributed by atoms with E-state index in [2.05, 4.69) is 19.9 Å². The third-order valence-electron chi connectivity index (χ3n) is 5.33. The minimum Gasteiger partial charge on any atom is -0.244 e. The summed E-state index contributed by atoms with van der Waals surface area (Å²) in [6.07, 6.45) is -5.51. The van der Waals surface area contributed by atoms with Crippen LogP contribution in [0.3, 0.4) is 0 Å². The van der Waals surface area contributed by atoms with Crippen LogP contribution in [-0.4, -0.2) is 19.9 Å². The Balaban J connectivity index is 1.21. The number of benzene rings is 2. The van der Waals surface area contributed by atoms with Crippen LogP contribution in [0.5, 0.6) is 0 Å². The summed E-state index contributed by atoms with van der Waals surface area (Å²) in [6.45, 7) is 0. The highest BCUT2D eigenvalue weighted by Gasteiger charge is 2.31. The molecule has 0 N–H and O–H groups in total. The molecule has 0 atom stereocenters. The van der Waals surface area contributed by atoms with Crippen molar-refractivity contribution in [2.75, 3.05) is 0 Å². The van der Waals surface area contributed by atoms with Gasteiger partial charge in [-0.2, -0.15) is 26.3 Å². The molecule has 6 aromatic rings. The molecule has 0 unspecified atom stereocenters. The first kappa shape index (κ1) is 25.1. The monoisotopic (exact) mass is 596 g/mol. The molecule has 0 bridgehead atoms. The molecule has 4 aromatic heterocycles. The summed E-state index contributed by atoms with van der Waals surface area (Å²) in [7, 11) is 0. The molecular weight excluding hydrogens is 587 g/mol. The zero-order valence-electron chi connectivity index (χ0n) is 18.5.